The summed E-state index contributed by atoms with van der Waals surface area (Å²) in [5, 5.41) is 3.99. The summed E-state index contributed by atoms with van der Waals surface area (Å²) in [6.07, 6.45) is 1.99. The number of rotatable bonds is 5. The summed E-state index contributed by atoms with van der Waals surface area (Å²) in [5.74, 6) is -0.186. The second-order valence-corrected chi connectivity index (χ2v) is 4.85. The molecule has 0 bridgehead atoms. The van der Waals surface area contributed by atoms with Crippen molar-refractivity contribution in [2.45, 2.75) is 18.9 Å². The molecule has 3 nitrogen and oxygen atoms in total. The SMILES string of the molecule is O=C1c2ccccc2C(=O)C1NCCCCBr. The maximum Gasteiger partial charge on any atom is 0.188 e. The molecule has 17 heavy (non-hydrogen) atoms. The number of benzene rings is 1. The van der Waals surface area contributed by atoms with Crippen LogP contribution in [0.15, 0.2) is 24.3 Å². The van der Waals surface area contributed by atoms with Crippen molar-refractivity contribution in [3.05, 3.63) is 35.4 Å². The van der Waals surface area contributed by atoms with Gasteiger partial charge in [-0.2, -0.15) is 0 Å². The van der Waals surface area contributed by atoms with Crippen molar-refractivity contribution >= 4 is 27.5 Å². The lowest BCUT2D eigenvalue weighted by Gasteiger charge is -2.08. The molecule has 1 aliphatic rings. The Morgan fingerprint density at radius 2 is 1.65 bits per heavy atom. The van der Waals surface area contributed by atoms with Gasteiger partial charge in [-0.15, -0.1) is 0 Å². The Morgan fingerprint density at radius 3 is 2.18 bits per heavy atom. The van der Waals surface area contributed by atoms with Crippen molar-refractivity contribution in [2.75, 3.05) is 11.9 Å². The predicted molar refractivity (Wildman–Crippen MR) is 69.9 cm³/mol. The van der Waals surface area contributed by atoms with Gasteiger partial charge in [0, 0.05) is 16.5 Å². The Balaban J connectivity index is 2.03. The van der Waals surface area contributed by atoms with Gasteiger partial charge in [0.1, 0.15) is 6.04 Å². The summed E-state index contributed by atoms with van der Waals surface area (Å²) in [7, 11) is 0. The lowest BCUT2D eigenvalue weighted by Crippen LogP contribution is -2.39. The molecule has 4 heteroatoms. The van der Waals surface area contributed by atoms with Crippen LogP contribution in [0.3, 0.4) is 0 Å². The third kappa shape index (κ3) is 2.48. The van der Waals surface area contributed by atoms with E-state index in [2.05, 4.69) is 21.2 Å². The zero-order chi connectivity index (χ0) is 12.3. The first-order valence-electron chi connectivity index (χ1n) is 5.72. The number of carbonyl (C=O) groups excluding carboxylic acids is 2. The van der Waals surface area contributed by atoms with Crippen LogP contribution in [0, 0.1) is 0 Å². The molecular formula is C13H14BrNO2. The van der Waals surface area contributed by atoms with E-state index in [0.717, 1.165) is 18.2 Å². The normalized spacial score (nSPS) is 15.4. The highest BCUT2D eigenvalue weighted by molar-refractivity contribution is 9.09. The van der Waals surface area contributed by atoms with E-state index in [4.69, 9.17) is 0 Å². The maximum atomic E-state index is 12.0. The lowest BCUT2D eigenvalue weighted by molar-refractivity contribution is 0.0869. The minimum Gasteiger partial charge on any atom is -0.301 e. The summed E-state index contributed by atoms with van der Waals surface area (Å²) < 4.78 is 0. The minimum atomic E-state index is -0.664. The van der Waals surface area contributed by atoms with Crippen LogP contribution in [0.1, 0.15) is 33.6 Å². The molecule has 0 atom stereocenters. The van der Waals surface area contributed by atoms with Crippen molar-refractivity contribution in [1.29, 1.82) is 0 Å². The maximum absolute atomic E-state index is 12.0. The van der Waals surface area contributed by atoms with E-state index in [1.54, 1.807) is 24.3 Å². The molecule has 1 N–H and O–H groups in total. The first kappa shape index (κ1) is 12.5. The second kappa shape index (κ2) is 5.56. The van der Waals surface area contributed by atoms with Crippen LogP contribution in [0.5, 0.6) is 0 Å². The van der Waals surface area contributed by atoms with Crippen molar-refractivity contribution in [3.63, 3.8) is 0 Å². The summed E-state index contributed by atoms with van der Waals surface area (Å²) in [5.41, 5.74) is 1.10. The highest BCUT2D eigenvalue weighted by Gasteiger charge is 2.37. The molecule has 0 unspecified atom stereocenters. The number of fused-ring (bicyclic) bond motifs is 1. The van der Waals surface area contributed by atoms with E-state index in [1.807, 2.05) is 0 Å². The molecule has 0 radical (unpaired) electrons. The van der Waals surface area contributed by atoms with Crippen LogP contribution in [-0.2, 0) is 0 Å². The van der Waals surface area contributed by atoms with Crippen LogP contribution >= 0.6 is 15.9 Å². The summed E-state index contributed by atoms with van der Waals surface area (Å²) in [4.78, 5) is 24.0. The summed E-state index contributed by atoms with van der Waals surface area (Å²) in [6, 6.07) is 6.35. The quantitative estimate of drug-likeness (QED) is 0.515. The molecule has 0 aromatic heterocycles. The number of Topliss-reactive ketones (excluding diaryl/α,β-unsaturated/α-hetero) is 2. The second-order valence-electron chi connectivity index (χ2n) is 4.06. The number of hydrogen-bond acceptors (Lipinski definition) is 3. The van der Waals surface area contributed by atoms with E-state index >= 15 is 0 Å². The molecule has 0 spiro atoms. The fourth-order valence-corrected chi connectivity index (χ4v) is 2.39. The van der Waals surface area contributed by atoms with Gasteiger partial charge in [0.25, 0.3) is 0 Å². The third-order valence-corrected chi connectivity index (χ3v) is 3.45. The topological polar surface area (TPSA) is 46.2 Å². The molecule has 0 amide bonds. The number of ketones is 2. The molecule has 0 saturated heterocycles. The monoisotopic (exact) mass is 295 g/mol. The molecular weight excluding hydrogens is 282 g/mol. The average Bonchev–Trinajstić information content (AvgIpc) is 2.60. The molecule has 0 heterocycles. The van der Waals surface area contributed by atoms with Crippen LogP contribution < -0.4 is 5.32 Å². The average molecular weight is 296 g/mol. The number of halogens is 1. The van der Waals surface area contributed by atoms with Crippen molar-refractivity contribution in [3.8, 4) is 0 Å². The van der Waals surface area contributed by atoms with Gasteiger partial charge >= 0.3 is 0 Å². The molecule has 1 aromatic carbocycles. The van der Waals surface area contributed by atoms with Crippen molar-refractivity contribution in [1.82, 2.24) is 5.32 Å². The first-order valence-corrected chi connectivity index (χ1v) is 6.84. The lowest BCUT2D eigenvalue weighted by atomic mass is 10.1. The number of nitrogens with one attached hydrogen (secondary N) is 1. The van der Waals surface area contributed by atoms with Gasteiger partial charge in [0.05, 0.1) is 0 Å². The van der Waals surface area contributed by atoms with Crippen molar-refractivity contribution in [2.24, 2.45) is 0 Å². The minimum absolute atomic E-state index is 0.0931. The Bertz CT molecular complexity index is 410. The smallest absolute Gasteiger partial charge is 0.188 e. The molecule has 2 rings (SSSR count). The van der Waals surface area contributed by atoms with Crippen molar-refractivity contribution < 1.29 is 9.59 Å². The van der Waals surface area contributed by atoms with Crippen LogP contribution in [0.4, 0.5) is 0 Å². The van der Waals surface area contributed by atoms with Crippen LogP contribution in [0.25, 0.3) is 0 Å². The summed E-state index contributed by atoms with van der Waals surface area (Å²) in [6.45, 7) is 0.696. The number of alkyl halides is 1. The number of hydrogen-bond donors (Lipinski definition) is 1. The van der Waals surface area contributed by atoms with E-state index in [9.17, 15) is 9.59 Å². The molecule has 0 aliphatic heterocycles. The Hall–Kier alpha value is -1.00. The van der Waals surface area contributed by atoms with Crippen LogP contribution in [-0.4, -0.2) is 29.5 Å². The van der Waals surface area contributed by atoms with Gasteiger partial charge in [-0.1, -0.05) is 40.2 Å². The first-order chi connectivity index (χ1) is 8.25. The largest absolute Gasteiger partial charge is 0.301 e. The molecule has 0 saturated carbocycles. The van der Waals surface area contributed by atoms with Crippen LogP contribution in [0.2, 0.25) is 0 Å². The van der Waals surface area contributed by atoms with E-state index in [-0.39, 0.29) is 11.6 Å². The predicted octanol–water partition coefficient (Wildman–Crippen LogP) is 2.20. The van der Waals surface area contributed by atoms with Gasteiger partial charge in [0.2, 0.25) is 0 Å². The van der Waals surface area contributed by atoms with E-state index < -0.39 is 6.04 Å². The molecule has 1 aromatic rings. The fourth-order valence-electron chi connectivity index (χ4n) is 1.99. The van der Waals surface area contributed by atoms with Gasteiger partial charge < -0.3 is 5.32 Å². The molecule has 90 valence electrons. The Labute approximate surface area is 109 Å². The Morgan fingerprint density at radius 1 is 1.06 bits per heavy atom. The third-order valence-electron chi connectivity index (χ3n) is 2.89. The van der Waals surface area contributed by atoms with Gasteiger partial charge in [-0.05, 0) is 19.4 Å². The van der Waals surface area contributed by atoms with E-state index in [1.165, 1.54) is 0 Å². The highest BCUT2D eigenvalue weighted by atomic mass is 79.9. The summed E-state index contributed by atoms with van der Waals surface area (Å²) >= 11 is 3.35. The molecule has 0 fully saturated rings. The molecule has 1 aliphatic carbocycles. The Kier molecular flexibility index (Phi) is 4.07. The zero-order valence-electron chi connectivity index (χ0n) is 9.41. The van der Waals surface area contributed by atoms with Gasteiger partial charge in [0.15, 0.2) is 11.6 Å². The van der Waals surface area contributed by atoms with E-state index in [0.29, 0.717) is 17.7 Å². The zero-order valence-corrected chi connectivity index (χ0v) is 11.0. The number of unbranched alkanes of at least 4 members (excludes halogenated alkanes) is 1. The van der Waals surface area contributed by atoms with Gasteiger partial charge in [-0.3, -0.25) is 9.59 Å². The standard InChI is InChI=1S/C13H14BrNO2/c14-7-3-4-8-15-11-12(16)9-5-1-2-6-10(9)13(11)17/h1-2,5-6,11,15H,3-4,7-8H2. The highest BCUT2D eigenvalue weighted by Crippen LogP contribution is 2.21. The fraction of sp³-hybridized carbons (Fsp3) is 0.385. The number of carbonyl (C=O) groups is 2. The van der Waals surface area contributed by atoms with Gasteiger partial charge in [-0.25, -0.2) is 0 Å².